The zero-order valence-electron chi connectivity index (χ0n) is 19.6. The summed E-state index contributed by atoms with van der Waals surface area (Å²) in [5.74, 6) is -0.798. The maximum Gasteiger partial charge on any atom is 0.354 e. The minimum atomic E-state index is -0.869. The quantitative estimate of drug-likeness (QED) is 0.302. The molecule has 0 bridgehead atoms. The molecule has 7 nitrogen and oxygen atoms in total. The van der Waals surface area contributed by atoms with E-state index in [0.717, 1.165) is 11.8 Å². The minimum absolute atomic E-state index is 0.0278. The van der Waals surface area contributed by atoms with Gasteiger partial charge < -0.3 is 23.6 Å². The number of nitrogens with zero attached hydrogens (tertiary/aromatic N) is 1. The lowest BCUT2D eigenvalue weighted by atomic mass is 10.1. The van der Waals surface area contributed by atoms with E-state index in [9.17, 15) is 23.5 Å². The van der Waals surface area contributed by atoms with Crippen LogP contribution in [0.15, 0.2) is 84.5 Å². The number of methoxy groups -OCH3 is 2. The molecule has 0 aliphatic carbocycles. The van der Waals surface area contributed by atoms with Crippen LogP contribution in [0.2, 0.25) is 0 Å². The Balaban J connectivity index is 1.82. The highest BCUT2D eigenvalue weighted by atomic mass is 32.2. The number of aromatic nitrogens is 1. The first-order chi connectivity index (χ1) is 17.8. The van der Waals surface area contributed by atoms with Crippen molar-refractivity contribution in [1.29, 1.82) is 0 Å². The average Bonchev–Trinajstić information content (AvgIpc) is 2.90. The molecule has 0 unspecified atom stereocenters. The fourth-order valence-corrected chi connectivity index (χ4v) is 4.89. The maximum absolute atomic E-state index is 13.8. The van der Waals surface area contributed by atoms with E-state index in [1.807, 2.05) is 0 Å². The number of fused-ring (bicyclic) bond motifs is 3. The molecule has 37 heavy (non-hydrogen) atoms. The molecular weight excluding hydrogens is 504 g/mol. The van der Waals surface area contributed by atoms with Gasteiger partial charge in [0.25, 0.3) is 5.56 Å². The molecule has 5 rings (SSSR count). The monoisotopic (exact) mass is 523 g/mol. The highest BCUT2D eigenvalue weighted by Gasteiger charge is 2.24. The van der Waals surface area contributed by atoms with E-state index in [1.165, 1.54) is 55.2 Å². The van der Waals surface area contributed by atoms with Crippen LogP contribution in [-0.2, 0) is 6.54 Å². The van der Waals surface area contributed by atoms with Crippen molar-refractivity contribution in [1.82, 2.24) is 4.57 Å². The summed E-state index contributed by atoms with van der Waals surface area (Å²) >= 11 is 0.846. The van der Waals surface area contributed by atoms with Crippen molar-refractivity contribution in [2.24, 2.45) is 0 Å². The molecule has 0 fully saturated rings. The average molecular weight is 524 g/mol. The van der Waals surface area contributed by atoms with Gasteiger partial charge in [0, 0.05) is 16.3 Å². The largest absolute Gasteiger partial charge is 0.505 e. The van der Waals surface area contributed by atoms with E-state index in [4.69, 9.17) is 13.9 Å². The third kappa shape index (κ3) is 4.40. The van der Waals surface area contributed by atoms with E-state index in [0.29, 0.717) is 32.9 Å². The number of halogens is 2. The van der Waals surface area contributed by atoms with Gasteiger partial charge in [-0.05, 0) is 48.0 Å². The van der Waals surface area contributed by atoms with Gasteiger partial charge >= 0.3 is 5.63 Å². The van der Waals surface area contributed by atoms with E-state index < -0.39 is 28.6 Å². The summed E-state index contributed by atoms with van der Waals surface area (Å²) in [5, 5.41) is 11.3. The van der Waals surface area contributed by atoms with Gasteiger partial charge in [-0.25, -0.2) is 13.6 Å². The molecule has 0 radical (unpaired) electrons. The predicted octanol–water partition coefficient (Wildman–Crippen LogP) is 5.31. The molecule has 0 saturated heterocycles. The Kier molecular flexibility index (Phi) is 6.34. The molecule has 2 aromatic heterocycles. The van der Waals surface area contributed by atoms with Crippen LogP contribution in [0.4, 0.5) is 8.78 Å². The lowest BCUT2D eigenvalue weighted by Crippen LogP contribution is -2.23. The van der Waals surface area contributed by atoms with Crippen molar-refractivity contribution in [3.8, 4) is 17.2 Å². The Morgan fingerprint density at radius 1 is 0.919 bits per heavy atom. The maximum atomic E-state index is 13.8. The molecule has 0 aliphatic rings. The van der Waals surface area contributed by atoms with Crippen LogP contribution in [-0.4, -0.2) is 23.9 Å². The molecule has 1 N–H and O–H groups in total. The van der Waals surface area contributed by atoms with Gasteiger partial charge in [-0.15, -0.1) is 0 Å². The molecule has 188 valence electrons. The van der Waals surface area contributed by atoms with Crippen molar-refractivity contribution in [2.75, 3.05) is 14.2 Å². The smallest absolute Gasteiger partial charge is 0.354 e. The topological polar surface area (TPSA) is 90.9 Å². The predicted molar refractivity (Wildman–Crippen MR) is 135 cm³/mol. The molecule has 0 spiro atoms. The molecule has 0 atom stereocenters. The number of ether oxygens (including phenoxy) is 2. The minimum Gasteiger partial charge on any atom is -0.505 e. The van der Waals surface area contributed by atoms with Crippen LogP contribution < -0.4 is 20.7 Å². The summed E-state index contributed by atoms with van der Waals surface area (Å²) in [4.78, 5) is 27.0. The summed E-state index contributed by atoms with van der Waals surface area (Å²) in [6.07, 6.45) is 0. The first-order valence-corrected chi connectivity index (χ1v) is 11.8. The molecule has 0 saturated carbocycles. The van der Waals surface area contributed by atoms with Gasteiger partial charge in [0.15, 0.2) is 22.8 Å². The lowest BCUT2D eigenvalue weighted by Gasteiger charge is -2.16. The van der Waals surface area contributed by atoms with Crippen molar-refractivity contribution in [2.45, 2.75) is 16.3 Å². The SMILES string of the molecule is COc1cc2c3oc(=O)c(Sc4ccc(F)cc4)c(O)c3c(=O)n(Cc3ccc(F)cc3)c2cc1OC. The van der Waals surface area contributed by atoms with Crippen molar-refractivity contribution < 1.29 is 27.8 Å². The second-order valence-corrected chi connectivity index (χ2v) is 9.15. The van der Waals surface area contributed by atoms with Gasteiger partial charge in [-0.3, -0.25) is 4.79 Å². The van der Waals surface area contributed by atoms with E-state index in [1.54, 1.807) is 24.3 Å². The fourth-order valence-electron chi connectivity index (χ4n) is 4.05. The van der Waals surface area contributed by atoms with Crippen LogP contribution >= 0.6 is 11.8 Å². The summed E-state index contributed by atoms with van der Waals surface area (Å²) < 4.78 is 44.6. The molecule has 3 aromatic carbocycles. The van der Waals surface area contributed by atoms with Crippen molar-refractivity contribution in [3.63, 3.8) is 0 Å². The van der Waals surface area contributed by atoms with Crippen LogP contribution in [0, 0.1) is 11.6 Å². The summed E-state index contributed by atoms with van der Waals surface area (Å²) in [6, 6.07) is 14.1. The van der Waals surface area contributed by atoms with Crippen LogP contribution in [0.5, 0.6) is 17.2 Å². The summed E-state index contributed by atoms with van der Waals surface area (Å²) in [6.45, 7) is 0.0278. The Hall–Kier alpha value is -4.31. The van der Waals surface area contributed by atoms with Gasteiger partial charge in [0.2, 0.25) is 0 Å². The third-order valence-electron chi connectivity index (χ3n) is 5.84. The second-order valence-electron chi connectivity index (χ2n) is 8.07. The molecule has 0 amide bonds. The summed E-state index contributed by atoms with van der Waals surface area (Å²) in [7, 11) is 2.88. The van der Waals surface area contributed by atoms with Crippen molar-refractivity contribution >= 4 is 33.6 Å². The molecule has 2 heterocycles. The van der Waals surface area contributed by atoms with Gasteiger partial charge in [-0.1, -0.05) is 23.9 Å². The first-order valence-electron chi connectivity index (χ1n) is 11.0. The normalized spacial score (nSPS) is 11.2. The Bertz CT molecular complexity index is 1760. The van der Waals surface area contributed by atoms with Crippen LogP contribution in [0.25, 0.3) is 21.9 Å². The lowest BCUT2D eigenvalue weighted by molar-refractivity contribution is 0.355. The Morgan fingerprint density at radius 2 is 1.51 bits per heavy atom. The van der Waals surface area contributed by atoms with Gasteiger partial charge in [0.1, 0.15) is 21.9 Å². The van der Waals surface area contributed by atoms with Gasteiger partial charge in [0.05, 0.1) is 26.3 Å². The third-order valence-corrected chi connectivity index (χ3v) is 6.91. The zero-order chi connectivity index (χ0) is 26.3. The highest BCUT2D eigenvalue weighted by molar-refractivity contribution is 7.99. The van der Waals surface area contributed by atoms with Crippen LogP contribution in [0.1, 0.15) is 5.56 Å². The first kappa shape index (κ1) is 24.4. The highest BCUT2D eigenvalue weighted by Crippen LogP contribution is 2.40. The molecule has 0 aliphatic heterocycles. The number of hydrogen-bond acceptors (Lipinski definition) is 7. The summed E-state index contributed by atoms with van der Waals surface area (Å²) in [5.41, 5.74) is -0.660. The molecule has 5 aromatic rings. The number of hydrogen-bond donors (Lipinski definition) is 1. The number of rotatable bonds is 6. The number of aromatic hydroxyl groups is 1. The molecular formula is C27H19F2NO6S. The standard InChI is InChI=1S/C27H19F2NO6S/c1-34-20-11-18-19(12-21(20)35-2)30(13-14-3-5-15(28)6-4-14)26(32)22-23(31)25(27(33)36-24(18)22)37-17-9-7-16(29)8-10-17/h3-12,31H,13H2,1-2H3. The van der Waals surface area contributed by atoms with Crippen molar-refractivity contribution in [3.05, 3.63) is 98.6 Å². The fraction of sp³-hybridized carbons (Fsp3) is 0.111. The zero-order valence-corrected chi connectivity index (χ0v) is 20.4. The number of pyridine rings is 1. The van der Waals surface area contributed by atoms with Crippen LogP contribution in [0.3, 0.4) is 0 Å². The van der Waals surface area contributed by atoms with Gasteiger partial charge in [-0.2, -0.15) is 0 Å². The second kappa shape index (κ2) is 9.62. The number of benzene rings is 3. The Morgan fingerprint density at radius 3 is 2.14 bits per heavy atom. The Labute approximate surface area is 212 Å². The molecule has 10 heteroatoms. The van der Waals surface area contributed by atoms with E-state index in [2.05, 4.69) is 0 Å². The van der Waals surface area contributed by atoms with E-state index >= 15 is 0 Å². The van der Waals surface area contributed by atoms with E-state index in [-0.39, 0.29) is 22.4 Å².